The average Bonchev–Trinajstić information content (AvgIpc) is 2.19. The molecular formula is C10H18N2O3S. The molecule has 16 heavy (non-hydrogen) atoms. The summed E-state index contributed by atoms with van der Waals surface area (Å²) >= 11 is 0. The van der Waals surface area contributed by atoms with Crippen LogP contribution >= 0.6 is 0 Å². The lowest BCUT2D eigenvalue weighted by atomic mass is 9.83. The summed E-state index contributed by atoms with van der Waals surface area (Å²) in [6, 6.07) is 2.00. The molecule has 0 bridgehead atoms. The van der Waals surface area contributed by atoms with E-state index in [1.807, 2.05) is 6.07 Å². The van der Waals surface area contributed by atoms with Crippen molar-refractivity contribution in [2.45, 2.75) is 26.7 Å². The maximum atomic E-state index is 11.7. The molecule has 0 radical (unpaired) electrons. The SMILES string of the molecule is CCC(C#N)(CC)C(=O)NCCS(C)(=O)=O. The van der Waals surface area contributed by atoms with Gasteiger partial charge in [0.2, 0.25) is 5.91 Å². The molecular weight excluding hydrogens is 228 g/mol. The molecule has 0 rings (SSSR count). The van der Waals surface area contributed by atoms with Crippen molar-refractivity contribution in [2.24, 2.45) is 5.41 Å². The lowest BCUT2D eigenvalue weighted by Crippen LogP contribution is -2.41. The number of hydrogen-bond donors (Lipinski definition) is 1. The van der Waals surface area contributed by atoms with Gasteiger partial charge in [-0.05, 0) is 12.8 Å². The highest BCUT2D eigenvalue weighted by molar-refractivity contribution is 7.90. The van der Waals surface area contributed by atoms with Crippen molar-refractivity contribution in [2.75, 3.05) is 18.6 Å². The van der Waals surface area contributed by atoms with Gasteiger partial charge in [0, 0.05) is 12.8 Å². The van der Waals surface area contributed by atoms with E-state index in [-0.39, 0.29) is 18.2 Å². The second-order valence-electron chi connectivity index (χ2n) is 3.79. The molecule has 0 aliphatic heterocycles. The van der Waals surface area contributed by atoms with Crippen LogP contribution in [0, 0.1) is 16.7 Å². The average molecular weight is 246 g/mol. The Bertz CT molecular complexity index is 377. The van der Waals surface area contributed by atoms with Gasteiger partial charge < -0.3 is 5.32 Å². The van der Waals surface area contributed by atoms with Gasteiger partial charge in [-0.15, -0.1) is 0 Å². The summed E-state index contributed by atoms with van der Waals surface area (Å²) in [5.41, 5.74) is -1.03. The molecule has 0 saturated heterocycles. The summed E-state index contributed by atoms with van der Waals surface area (Å²) in [5, 5.41) is 11.5. The fourth-order valence-corrected chi connectivity index (χ4v) is 1.77. The minimum atomic E-state index is -3.08. The molecule has 1 amide bonds. The molecule has 0 aromatic heterocycles. The first-order chi connectivity index (χ1) is 7.31. The van der Waals surface area contributed by atoms with Crippen molar-refractivity contribution in [3.05, 3.63) is 0 Å². The number of carbonyl (C=O) groups excluding carboxylic acids is 1. The smallest absolute Gasteiger partial charge is 0.240 e. The van der Waals surface area contributed by atoms with Gasteiger partial charge >= 0.3 is 0 Å². The van der Waals surface area contributed by atoms with Gasteiger partial charge in [-0.2, -0.15) is 5.26 Å². The fraction of sp³-hybridized carbons (Fsp3) is 0.800. The van der Waals surface area contributed by atoms with E-state index in [0.717, 1.165) is 6.26 Å². The monoisotopic (exact) mass is 246 g/mol. The molecule has 92 valence electrons. The Morgan fingerprint density at radius 1 is 1.38 bits per heavy atom. The van der Waals surface area contributed by atoms with Crippen LogP contribution in [0.3, 0.4) is 0 Å². The van der Waals surface area contributed by atoms with Crippen LogP contribution in [0.2, 0.25) is 0 Å². The van der Waals surface area contributed by atoms with Crippen LogP contribution in [-0.4, -0.2) is 32.9 Å². The molecule has 0 heterocycles. The molecule has 0 unspecified atom stereocenters. The molecule has 6 heteroatoms. The molecule has 0 spiro atoms. The standard InChI is InChI=1S/C10H18N2O3S/c1-4-10(5-2,8-11)9(13)12-6-7-16(3,14)15/h4-7H2,1-3H3,(H,12,13). The Balaban J connectivity index is 4.41. The van der Waals surface area contributed by atoms with Gasteiger partial charge in [-0.1, -0.05) is 13.8 Å². The molecule has 5 nitrogen and oxygen atoms in total. The third-order valence-corrected chi connectivity index (χ3v) is 3.56. The van der Waals surface area contributed by atoms with Crippen molar-refractivity contribution >= 4 is 15.7 Å². The van der Waals surface area contributed by atoms with Crippen LogP contribution in [0.5, 0.6) is 0 Å². The first-order valence-electron chi connectivity index (χ1n) is 5.18. The van der Waals surface area contributed by atoms with Gasteiger partial charge in [0.25, 0.3) is 0 Å². The molecule has 0 fully saturated rings. The first kappa shape index (κ1) is 14.9. The zero-order valence-corrected chi connectivity index (χ0v) is 10.7. The Morgan fingerprint density at radius 3 is 2.19 bits per heavy atom. The largest absolute Gasteiger partial charge is 0.354 e. The Morgan fingerprint density at radius 2 is 1.88 bits per heavy atom. The predicted molar refractivity (Wildman–Crippen MR) is 61.3 cm³/mol. The second-order valence-corrected chi connectivity index (χ2v) is 6.05. The minimum Gasteiger partial charge on any atom is -0.354 e. The topological polar surface area (TPSA) is 87.0 Å². The van der Waals surface area contributed by atoms with Crippen molar-refractivity contribution in [1.29, 1.82) is 5.26 Å². The van der Waals surface area contributed by atoms with Crippen LogP contribution in [0.4, 0.5) is 0 Å². The van der Waals surface area contributed by atoms with Gasteiger partial charge in [0.15, 0.2) is 0 Å². The number of amides is 1. The number of nitrogens with one attached hydrogen (secondary N) is 1. The van der Waals surface area contributed by atoms with Gasteiger partial charge in [-0.3, -0.25) is 4.79 Å². The highest BCUT2D eigenvalue weighted by atomic mass is 32.2. The van der Waals surface area contributed by atoms with Crippen molar-refractivity contribution in [3.8, 4) is 6.07 Å². The summed E-state index contributed by atoms with van der Waals surface area (Å²) in [4.78, 5) is 11.7. The maximum Gasteiger partial charge on any atom is 0.240 e. The van der Waals surface area contributed by atoms with Crippen molar-refractivity contribution in [3.63, 3.8) is 0 Å². The Kier molecular flexibility index (Phi) is 5.45. The summed E-state index contributed by atoms with van der Waals surface area (Å²) in [6.45, 7) is 3.59. The van der Waals surface area contributed by atoms with Crippen LogP contribution < -0.4 is 5.32 Å². The number of carbonyl (C=O) groups is 1. The van der Waals surface area contributed by atoms with E-state index in [9.17, 15) is 13.2 Å². The Labute approximate surface area is 96.8 Å². The molecule has 1 N–H and O–H groups in total. The number of rotatable bonds is 6. The van der Waals surface area contributed by atoms with E-state index in [4.69, 9.17) is 5.26 Å². The third-order valence-electron chi connectivity index (χ3n) is 2.61. The summed E-state index contributed by atoms with van der Waals surface area (Å²) < 4.78 is 21.7. The number of hydrogen-bond acceptors (Lipinski definition) is 4. The van der Waals surface area contributed by atoms with E-state index >= 15 is 0 Å². The second kappa shape index (κ2) is 5.85. The van der Waals surface area contributed by atoms with E-state index in [2.05, 4.69) is 5.32 Å². The summed E-state index contributed by atoms with van der Waals surface area (Å²) in [6.07, 6.45) is 1.95. The molecule has 0 atom stereocenters. The lowest BCUT2D eigenvalue weighted by Gasteiger charge is -2.21. The van der Waals surface area contributed by atoms with Crippen LogP contribution in [0.15, 0.2) is 0 Å². The molecule has 0 saturated carbocycles. The molecule has 0 aromatic rings. The van der Waals surface area contributed by atoms with E-state index in [1.54, 1.807) is 13.8 Å². The highest BCUT2D eigenvalue weighted by Gasteiger charge is 2.34. The van der Waals surface area contributed by atoms with Crippen LogP contribution in [0.1, 0.15) is 26.7 Å². The Hall–Kier alpha value is -1.09. The van der Waals surface area contributed by atoms with E-state index < -0.39 is 15.3 Å². The number of nitriles is 1. The van der Waals surface area contributed by atoms with Gasteiger partial charge in [0.1, 0.15) is 15.3 Å². The van der Waals surface area contributed by atoms with Gasteiger partial charge in [0.05, 0.1) is 11.8 Å². The van der Waals surface area contributed by atoms with E-state index in [1.165, 1.54) is 0 Å². The molecule has 0 aliphatic rings. The fourth-order valence-electron chi connectivity index (χ4n) is 1.30. The van der Waals surface area contributed by atoms with Crippen LogP contribution in [-0.2, 0) is 14.6 Å². The lowest BCUT2D eigenvalue weighted by molar-refractivity contribution is -0.128. The summed E-state index contributed by atoms with van der Waals surface area (Å²) in [5.74, 6) is -0.489. The first-order valence-corrected chi connectivity index (χ1v) is 7.24. The minimum absolute atomic E-state index is 0.0566. The van der Waals surface area contributed by atoms with E-state index in [0.29, 0.717) is 12.8 Å². The third kappa shape index (κ3) is 4.19. The summed E-state index contributed by atoms with van der Waals surface area (Å²) in [7, 11) is -3.08. The number of nitrogens with zero attached hydrogens (tertiary/aromatic N) is 1. The van der Waals surface area contributed by atoms with Crippen molar-refractivity contribution < 1.29 is 13.2 Å². The van der Waals surface area contributed by atoms with Gasteiger partial charge in [-0.25, -0.2) is 8.42 Å². The quantitative estimate of drug-likeness (QED) is 0.738. The zero-order valence-electron chi connectivity index (χ0n) is 9.91. The van der Waals surface area contributed by atoms with Crippen LogP contribution in [0.25, 0.3) is 0 Å². The number of sulfone groups is 1. The maximum absolute atomic E-state index is 11.7. The highest BCUT2D eigenvalue weighted by Crippen LogP contribution is 2.25. The zero-order chi connectivity index (χ0) is 12.8. The molecule has 0 aromatic carbocycles. The van der Waals surface area contributed by atoms with Crippen molar-refractivity contribution in [1.82, 2.24) is 5.32 Å². The predicted octanol–water partition coefficient (Wildman–Crippen LogP) is 0.477. The molecule has 0 aliphatic carbocycles. The normalized spacial score (nSPS) is 11.9.